The first kappa shape index (κ1) is 25.8. The minimum Gasteiger partial charge on any atom is -0.426 e. The molecule has 0 bridgehead atoms. The summed E-state index contributed by atoms with van der Waals surface area (Å²) in [5, 5.41) is 28.6. The zero-order chi connectivity index (χ0) is 25.4. The molecule has 5 N–H and O–H groups in total. The highest BCUT2D eigenvalue weighted by atomic mass is 16.4. The third-order valence-corrected chi connectivity index (χ3v) is 5.30. The summed E-state index contributed by atoms with van der Waals surface area (Å²) in [7, 11) is -1.73. The van der Waals surface area contributed by atoms with Crippen molar-refractivity contribution >= 4 is 35.6 Å². The van der Waals surface area contributed by atoms with E-state index in [1.807, 2.05) is 44.2 Å². The Morgan fingerprint density at radius 2 is 1.74 bits per heavy atom. The highest BCUT2D eigenvalue weighted by Crippen LogP contribution is 2.21. The smallest absolute Gasteiger partial charge is 0.426 e. The standard InChI is InChI=1S/C24H28BN5O5/c1-15(2)11-20(25(34)35)29-21(31)14-28-24(33)22(30-23(32)19-13-26-9-10-27-19)18-8-7-16-5-3-4-6-17(16)12-18/h3-10,12-13,15,20,22,34-35H,11,14H2,1-2H3,(H,28,33)(H,29,31)(H,30,32). The summed E-state index contributed by atoms with van der Waals surface area (Å²) in [6.45, 7) is 3.36. The monoisotopic (exact) mass is 477 g/mol. The Morgan fingerprint density at radius 3 is 2.40 bits per heavy atom. The molecule has 3 rings (SSSR count). The molecule has 2 unspecified atom stereocenters. The number of nitrogens with zero attached hydrogens (tertiary/aromatic N) is 2. The van der Waals surface area contributed by atoms with Crippen LogP contribution in [0.1, 0.15) is 42.4 Å². The van der Waals surface area contributed by atoms with Crippen LogP contribution in [0.4, 0.5) is 0 Å². The molecule has 0 saturated heterocycles. The van der Waals surface area contributed by atoms with E-state index in [1.165, 1.54) is 18.6 Å². The molecule has 0 aliphatic rings. The van der Waals surface area contributed by atoms with Crippen molar-refractivity contribution in [1.29, 1.82) is 0 Å². The van der Waals surface area contributed by atoms with Crippen LogP contribution in [0.25, 0.3) is 10.8 Å². The van der Waals surface area contributed by atoms with Gasteiger partial charge in [-0.15, -0.1) is 0 Å². The number of benzene rings is 2. The van der Waals surface area contributed by atoms with Crippen LogP contribution in [0.15, 0.2) is 61.1 Å². The number of hydrogen-bond donors (Lipinski definition) is 5. The van der Waals surface area contributed by atoms with Crippen LogP contribution in [0.2, 0.25) is 0 Å². The van der Waals surface area contributed by atoms with E-state index >= 15 is 0 Å². The molecule has 1 heterocycles. The Kier molecular flexibility index (Phi) is 8.88. The summed E-state index contributed by atoms with van der Waals surface area (Å²) in [5.41, 5.74) is 0.555. The average Bonchev–Trinajstić information content (AvgIpc) is 2.85. The lowest BCUT2D eigenvalue weighted by molar-refractivity contribution is -0.127. The lowest BCUT2D eigenvalue weighted by Gasteiger charge is -2.21. The van der Waals surface area contributed by atoms with Crippen molar-refractivity contribution in [1.82, 2.24) is 25.9 Å². The van der Waals surface area contributed by atoms with E-state index in [0.29, 0.717) is 12.0 Å². The fourth-order valence-corrected chi connectivity index (χ4v) is 3.60. The molecule has 0 radical (unpaired) electrons. The topological polar surface area (TPSA) is 154 Å². The van der Waals surface area contributed by atoms with Gasteiger partial charge in [0.05, 0.1) is 18.7 Å². The van der Waals surface area contributed by atoms with Gasteiger partial charge in [-0.2, -0.15) is 0 Å². The molecule has 35 heavy (non-hydrogen) atoms. The normalized spacial score (nSPS) is 12.6. The summed E-state index contributed by atoms with van der Waals surface area (Å²) >= 11 is 0. The van der Waals surface area contributed by atoms with Gasteiger partial charge in [0.15, 0.2) is 0 Å². The first-order chi connectivity index (χ1) is 16.7. The number of amides is 3. The van der Waals surface area contributed by atoms with E-state index in [4.69, 9.17) is 0 Å². The maximum absolute atomic E-state index is 13.1. The van der Waals surface area contributed by atoms with Crippen molar-refractivity contribution in [2.24, 2.45) is 5.92 Å². The van der Waals surface area contributed by atoms with Gasteiger partial charge in [-0.25, -0.2) is 4.98 Å². The van der Waals surface area contributed by atoms with Crippen LogP contribution in [0.3, 0.4) is 0 Å². The maximum atomic E-state index is 13.1. The lowest BCUT2D eigenvalue weighted by Crippen LogP contribution is -2.51. The van der Waals surface area contributed by atoms with E-state index in [-0.39, 0.29) is 11.6 Å². The zero-order valence-corrected chi connectivity index (χ0v) is 19.5. The second-order valence-electron chi connectivity index (χ2n) is 8.54. The number of carbonyl (C=O) groups is 3. The van der Waals surface area contributed by atoms with Crippen molar-refractivity contribution < 1.29 is 24.4 Å². The van der Waals surface area contributed by atoms with E-state index in [1.54, 1.807) is 12.1 Å². The molecule has 0 spiro atoms. The van der Waals surface area contributed by atoms with Crippen molar-refractivity contribution in [3.05, 3.63) is 72.3 Å². The Morgan fingerprint density at radius 1 is 1.00 bits per heavy atom. The van der Waals surface area contributed by atoms with Crippen molar-refractivity contribution in [2.75, 3.05) is 6.54 Å². The molecule has 3 aromatic rings. The molecular weight excluding hydrogens is 449 g/mol. The molecule has 3 amide bonds. The van der Waals surface area contributed by atoms with Crippen LogP contribution in [0.5, 0.6) is 0 Å². The minimum absolute atomic E-state index is 0.0392. The molecule has 11 heteroatoms. The summed E-state index contributed by atoms with van der Waals surface area (Å²) in [5.74, 6) is -2.55. The predicted molar refractivity (Wildman–Crippen MR) is 131 cm³/mol. The van der Waals surface area contributed by atoms with Gasteiger partial charge >= 0.3 is 7.12 Å². The molecule has 182 valence electrons. The third-order valence-electron chi connectivity index (χ3n) is 5.30. The van der Waals surface area contributed by atoms with Gasteiger partial charge in [0.25, 0.3) is 5.91 Å². The summed E-state index contributed by atoms with van der Waals surface area (Å²) < 4.78 is 0. The van der Waals surface area contributed by atoms with Crippen molar-refractivity contribution in [3.8, 4) is 0 Å². The largest absolute Gasteiger partial charge is 0.475 e. The molecular formula is C24H28BN5O5. The number of aromatic nitrogens is 2. The van der Waals surface area contributed by atoms with Gasteiger partial charge < -0.3 is 26.0 Å². The van der Waals surface area contributed by atoms with Crippen molar-refractivity contribution in [2.45, 2.75) is 32.3 Å². The second-order valence-corrected chi connectivity index (χ2v) is 8.54. The molecule has 2 atom stereocenters. The summed E-state index contributed by atoms with van der Waals surface area (Å²) in [6.07, 6.45) is 4.44. The fourth-order valence-electron chi connectivity index (χ4n) is 3.60. The first-order valence-corrected chi connectivity index (χ1v) is 11.2. The predicted octanol–water partition coefficient (Wildman–Crippen LogP) is 0.760. The number of nitrogens with one attached hydrogen (secondary N) is 3. The average molecular weight is 477 g/mol. The van der Waals surface area contributed by atoms with Gasteiger partial charge in [-0.3, -0.25) is 19.4 Å². The highest BCUT2D eigenvalue weighted by Gasteiger charge is 2.28. The quantitative estimate of drug-likeness (QED) is 0.270. The van der Waals surface area contributed by atoms with E-state index < -0.39 is 43.4 Å². The summed E-state index contributed by atoms with van der Waals surface area (Å²) in [6, 6.07) is 11.8. The van der Waals surface area contributed by atoms with Gasteiger partial charge in [-0.05, 0) is 34.7 Å². The fraction of sp³-hybridized carbons (Fsp3) is 0.292. The molecule has 0 aliphatic carbocycles. The first-order valence-electron chi connectivity index (χ1n) is 11.2. The van der Waals surface area contributed by atoms with E-state index in [0.717, 1.165) is 10.8 Å². The van der Waals surface area contributed by atoms with Crippen LogP contribution in [-0.4, -0.2) is 57.3 Å². The lowest BCUT2D eigenvalue weighted by atomic mass is 9.75. The van der Waals surface area contributed by atoms with Gasteiger partial charge in [0.2, 0.25) is 11.8 Å². The van der Waals surface area contributed by atoms with Gasteiger partial charge in [0.1, 0.15) is 11.7 Å². The molecule has 0 saturated carbocycles. The second kappa shape index (κ2) is 12.0. The minimum atomic E-state index is -1.73. The molecule has 1 aromatic heterocycles. The third kappa shape index (κ3) is 7.33. The van der Waals surface area contributed by atoms with E-state index in [2.05, 4.69) is 25.9 Å². The number of fused-ring (bicyclic) bond motifs is 1. The molecule has 2 aromatic carbocycles. The van der Waals surface area contributed by atoms with Crippen molar-refractivity contribution in [3.63, 3.8) is 0 Å². The van der Waals surface area contributed by atoms with Gasteiger partial charge in [0, 0.05) is 12.4 Å². The molecule has 10 nitrogen and oxygen atoms in total. The number of rotatable bonds is 10. The SMILES string of the molecule is CC(C)CC(NC(=O)CNC(=O)C(NC(=O)c1cnccn1)c1ccc2ccccc2c1)B(O)O. The Labute approximate surface area is 203 Å². The molecule has 0 fully saturated rings. The molecule has 0 aliphatic heterocycles. The van der Waals surface area contributed by atoms with Crippen LogP contribution >= 0.6 is 0 Å². The van der Waals surface area contributed by atoms with Crippen LogP contribution < -0.4 is 16.0 Å². The number of carbonyl (C=O) groups excluding carboxylic acids is 3. The Balaban J connectivity index is 1.76. The van der Waals surface area contributed by atoms with Gasteiger partial charge in [-0.1, -0.05) is 50.2 Å². The van der Waals surface area contributed by atoms with Crippen LogP contribution in [0, 0.1) is 5.92 Å². The highest BCUT2D eigenvalue weighted by molar-refractivity contribution is 6.43. The zero-order valence-electron chi connectivity index (χ0n) is 19.5. The Hall–Kier alpha value is -3.83. The summed E-state index contributed by atoms with van der Waals surface area (Å²) in [4.78, 5) is 46.0. The maximum Gasteiger partial charge on any atom is 0.475 e. The van der Waals surface area contributed by atoms with Crippen LogP contribution in [-0.2, 0) is 9.59 Å². The van der Waals surface area contributed by atoms with E-state index in [9.17, 15) is 24.4 Å². The number of hydrogen-bond acceptors (Lipinski definition) is 7. The Bertz CT molecular complexity index is 1180.